The lowest BCUT2D eigenvalue weighted by atomic mass is 9.97. The van der Waals surface area contributed by atoms with Gasteiger partial charge in [0.15, 0.2) is 0 Å². The molecule has 1 aromatic carbocycles. The number of ether oxygens (including phenoxy) is 1. The second-order valence-corrected chi connectivity index (χ2v) is 8.71. The van der Waals surface area contributed by atoms with Gasteiger partial charge in [-0.2, -0.15) is 0 Å². The third-order valence-corrected chi connectivity index (χ3v) is 6.49. The number of halogens is 1. The van der Waals surface area contributed by atoms with Gasteiger partial charge in [0.1, 0.15) is 0 Å². The Balaban J connectivity index is 1.51. The van der Waals surface area contributed by atoms with Crippen molar-refractivity contribution >= 4 is 35.1 Å². The summed E-state index contributed by atoms with van der Waals surface area (Å²) in [5.41, 5.74) is 1.19. The summed E-state index contributed by atoms with van der Waals surface area (Å²) in [5.74, 6) is -0.357. The maximum Gasteiger partial charge on any atom is 0.309 e. The first-order valence-electron chi connectivity index (χ1n) is 11.2. The van der Waals surface area contributed by atoms with E-state index >= 15 is 0 Å². The van der Waals surface area contributed by atoms with Crippen LogP contribution in [0.1, 0.15) is 56.3 Å². The molecule has 8 heteroatoms. The predicted octanol–water partition coefficient (Wildman–Crippen LogP) is 3.57. The fourth-order valence-electron chi connectivity index (χ4n) is 4.27. The van der Waals surface area contributed by atoms with E-state index in [2.05, 4.69) is 12.2 Å². The normalized spacial score (nSPS) is 19.8. The molecule has 0 aromatic heterocycles. The van der Waals surface area contributed by atoms with Crippen LogP contribution >= 0.6 is 11.6 Å². The van der Waals surface area contributed by atoms with E-state index in [1.165, 1.54) is 0 Å². The number of esters is 1. The van der Waals surface area contributed by atoms with E-state index in [1.807, 2.05) is 4.90 Å². The van der Waals surface area contributed by atoms with Crippen molar-refractivity contribution in [2.24, 2.45) is 5.92 Å². The van der Waals surface area contributed by atoms with Crippen LogP contribution in [-0.2, 0) is 14.3 Å². The van der Waals surface area contributed by atoms with Crippen molar-refractivity contribution in [3.05, 3.63) is 28.8 Å². The van der Waals surface area contributed by atoms with E-state index in [4.69, 9.17) is 16.3 Å². The molecular weight excluding hydrogens is 418 g/mol. The average molecular weight is 450 g/mol. The Morgan fingerprint density at radius 2 is 1.87 bits per heavy atom. The van der Waals surface area contributed by atoms with Gasteiger partial charge >= 0.3 is 5.97 Å². The molecule has 0 aliphatic carbocycles. The highest BCUT2D eigenvalue weighted by molar-refractivity contribution is 6.34. The van der Waals surface area contributed by atoms with Crippen LogP contribution in [0.5, 0.6) is 0 Å². The number of carbonyl (C=O) groups is 3. The Morgan fingerprint density at radius 1 is 1.13 bits per heavy atom. The minimum Gasteiger partial charge on any atom is -0.466 e. The van der Waals surface area contributed by atoms with E-state index < -0.39 is 0 Å². The van der Waals surface area contributed by atoms with Crippen molar-refractivity contribution in [3.8, 4) is 0 Å². The lowest BCUT2D eigenvalue weighted by molar-refractivity contribution is -0.151. The van der Waals surface area contributed by atoms with Gasteiger partial charge in [-0.05, 0) is 64.2 Å². The van der Waals surface area contributed by atoms with Crippen molar-refractivity contribution in [2.45, 2.75) is 52.0 Å². The Bertz CT molecular complexity index is 808. The van der Waals surface area contributed by atoms with Gasteiger partial charge in [0.05, 0.1) is 29.7 Å². The molecule has 1 unspecified atom stereocenters. The number of carbonyl (C=O) groups excluding carboxylic acids is 3. The van der Waals surface area contributed by atoms with Crippen LogP contribution in [0, 0.1) is 5.92 Å². The lowest BCUT2D eigenvalue weighted by Crippen LogP contribution is -2.43. The summed E-state index contributed by atoms with van der Waals surface area (Å²) in [6.45, 7) is 6.24. The highest BCUT2D eigenvalue weighted by Gasteiger charge is 2.28. The molecule has 0 spiro atoms. The second kappa shape index (κ2) is 10.8. The highest BCUT2D eigenvalue weighted by atomic mass is 35.5. The zero-order valence-electron chi connectivity index (χ0n) is 18.4. The molecule has 170 valence electrons. The molecule has 2 amide bonds. The maximum atomic E-state index is 12.9. The van der Waals surface area contributed by atoms with E-state index in [0.29, 0.717) is 48.8 Å². The molecule has 2 fully saturated rings. The Morgan fingerprint density at radius 3 is 2.52 bits per heavy atom. The quantitative estimate of drug-likeness (QED) is 0.671. The number of piperidine rings is 2. The van der Waals surface area contributed by atoms with Crippen LogP contribution in [0.15, 0.2) is 18.2 Å². The summed E-state index contributed by atoms with van der Waals surface area (Å²) >= 11 is 6.40. The molecule has 2 aliphatic rings. The SMILES string of the molecule is CCOC(=O)C1CCN(C(=O)CNc2ccc(C(=O)N3CCCCC3C)c(Cl)c2)CC1. The van der Waals surface area contributed by atoms with E-state index in [9.17, 15) is 14.4 Å². The van der Waals surface area contributed by atoms with Crippen LogP contribution in [0.3, 0.4) is 0 Å². The zero-order chi connectivity index (χ0) is 22.4. The largest absolute Gasteiger partial charge is 0.466 e. The minimum absolute atomic E-state index is 0.0271. The second-order valence-electron chi connectivity index (χ2n) is 8.30. The molecule has 1 atom stereocenters. The summed E-state index contributed by atoms with van der Waals surface area (Å²) in [5, 5.41) is 3.48. The molecule has 7 nitrogen and oxygen atoms in total. The first kappa shape index (κ1) is 23.4. The molecule has 0 radical (unpaired) electrons. The number of rotatable bonds is 6. The lowest BCUT2D eigenvalue weighted by Gasteiger charge is -2.33. The van der Waals surface area contributed by atoms with Crippen molar-refractivity contribution in [2.75, 3.05) is 38.1 Å². The van der Waals surface area contributed by atoms with E-state index in [0.717, 1.165) is 25.8 Å². The summed E-state index contributed by atoms with van der Waals surface area (Å²) in [4.78, 5) is 40.9. The van der Waals surface area contributed by atoms with Gasteiger partial charge in [-0.3, -0.25) is 14.4 Å². The Hall–Kier alpha value is -2.28. The molecule has 2 saturated heterocycles. The van der Waals surface area contributed by atoms with Crippen LogP contribution in [0.4, 0.5) is 5.69 Å². The topological polar surface area (TPSA) is 79.0 Å². The molecule has 0 saturated carbocycles. The van der Waals surface area contributed by atoms with Gasteiger partial charge < -0.3 is 19.9 Å². The van der Waals surface area contributed by atoms with Gasteiger partial charge in [-0.1, -0.05) is 11.6 Å². The Labute approximate surface area is 189 Å². The predicted molar refractivity (Wildman–Crippen MR) is 120 cm³/mol. The third-order valence-electron chi connectivity index (χ3n) is 6.17. The number of nitrogens with one attached hydrogen (secondary N) is 1. The summed E-state index contributed by atoms with van der Waals surface area (Å²) in [6, 6.07) is 5.43. The van der Waals surface area contributed by atoms with Crippen molar-refractivity contribution in [1.82, 2.24) is 9.80 Å². The summed E-state index contributed by atoms with van der Waals surface area (Å²) in [6.07, 6.45) is 4.44. The summed E-state index contributed by atoms with van der Waals surface area (Å²) < 4.78 is 5.07. The van der Waals surface area contributed by atoms with Crippen LogP contribution in [0.2, 0.25) is 5.02 Å². The first-order valence-corrected chi connectivity index (χ1v) is 11.6. The van der Waals surface area contributed by atoms with E-state index in [1.54, 1.807) is 30.0 Å². The number of hydrogen-bond donors (Lipinski definition) is 1. The fourth-order valence-corrected chi connectivity index (χ4v) is 4.53. The first-order chi connectivity index (χ1) is 14.9. The van der Waals surface area contributed by atoms with Crippen molar-refractivity contribution in [1.29, 1.82) is 0 Å². The molecule has 0 bridgehead atoms. The average Bonchev–Trinajstić information content (AvgIpc) is 2.77. The zero-order valence-corrected chi connectivity index (χ0v) is 19.1. The Kier molecular flexibility index (Phi) is 8.18. The number of amides is 2. The van der Waals surface area contributed by atoms with Crippen LogP contribution < -0.4 is 5.32 Å². The van der Waals surface area contributed by atoms with Gasteiger partial charge in [0, 0.05) is 31.4 Å². The smallest absolute Gasteiger partial charge is 0.309 e. The van der Waals surface area contributed by atoms with Crippen molar-refractivity contribution < 1.29 is 19.1 Å². The molecule has 2 heterocycles. The van der Waals surface area contributed by atoms with Gasteiger partial charge in [0.25, 0.3) is 5.91 Å². The molecule has 31 heavy (non-hydrogen) atoms. The van der Waals surface area contributed by atoms with Crippen LogP contribution in [0.25, 0.3) is 0 Å². The minimum atomic E-state index is -0.170. The number of nitrogens with zero attached hydrogens (tertiary/aromatic N) is 2. The van der Waals surface area contributed by atoms with E-state index in [-0.39, 0.29) is 36.3 Å². The fraction of sp³-hybridized carbons (Fsp3) is 0.609. The monoisotopic (exact) mass is 449 g/mol. The number of hydrogen-bond acceptors (Lipinski definition) is 5. The van der Waals surface area contributed by atoms with Gasteiger partial charge in [-0.25, -0.2) is 0 Å². The molecular formula is C23H32ClN3O4. The third kappa shape index (κ3) is 5.91. The molecule has 2 aliphatic heterocycles. The molecule has 3 rings (SSSR count). The van der Waals surface area contributed by atoms with Gasteiger partial charge in [-0.15, -0.1) is 0 Å². The van der Waals surface area contributed by atoms with Gasteiger partial charge in [0.2, 0.25) is 5.91 Å². The number of benzene rings is 1. The van der Waals surface area contributed by atoms with Crippen molar-refractivity contribution in [3.63, 3.8) is 0 Å². The maximum absolute atomic E-state index is 12.9. The van der Waals surface area contributed by atoms with Crippen LogP contribution in [-0.4, -0.2) is 66.4 Å². The highest BCUT2D eigenvalue weighted by Crippen LogP contribution is 2.26. The molecule has 1 aromatic rings. The standard InChI is InChI=1S/C23H32ClN3O4/c1-3-31-23(30)17-9-12-26(13-10-17)21(28)15-25-18-7-8-19(20(24)14-18)22(29)27-11-5-4-6-16(27)2/h7-8,14,16-17,25H,3-6,9-13,15H2,1-2H3. The molecule has 1 N–H and O–H groups in total. The number of anilines is 1. The summed E-state index contributed by atoms with van der Waals surface area (Å²) in [7, 11) is 0. The number of likely N-dealkylation sites (tertiary alicyclic amines) is 2.